The maximum Gasteiger partial charge on any atom is 0.416 e. The number of rotatable bonds is 6. The molecule has 1 unspecified atom stereocenters. The summed E-state index contributed by atoms with van der Waals surface area (Å²) in [5.74, 6) is -0.610. The Bertz CT molecular complexity index is 916. The van der Waals surface area contributed by atoms with Gasteiger partial charge in [0, 0.05) is 4.47 Å². The largest absolute Gasteiger partial charge is 0.416 e. The number of amides is 1. The van der Waals surface area contributed by atoms with E-state index >= 15 is 0 Å². The average Bonchev–Trinajstić information content (AvgIpc) is 2.60. The Morgan fingerprint density at radius 1 is 1.15 bits per heavy atom. The maximum atomic E-state index is 12.7. The molecule has 0 spiro atoms. The van der Waals surface area contributed by atoms with E-state index in [1.54, 1.807) is 31.2 Å². The first-order valence-electron chi connectivity index (χ1n) is 7.71. The summed E-state index contributed by atoms with van der Waals surface area (Å²) in [4.78, 5) is 11.4. The van der Waals surface area contributed by atoms with E-state index in [9.17, 15) is 26.4 Å². The second kappa shape index (κ2) is 8.41. The smallest absolute Gasteiger partial charge is 0.348 e. The van der Waals surface area contributed by atoms with Crippen molar-refractivity contribution in [1.29, 1.82) is 0 Å². The van der Waals surface area contributed by atoms with Crippen LogP contribution in [-0.2, 0) is 21.0 Å². The van der Waals surface area contributed by atoms with Crippen LogP contribution >= 0.6 is 15.9 Å². The summed E-state index contributed by atoms with van der Waals surface area (Å²) < 4.78 is 65.3. The molecule has 1 atom stereocenters. The van der Waals surface area contributed by atoms with Gasteiger partial charge in [-0.3, -0.25) is 4.79 Å². The number of halogens is 4. The third-order valence-corrected chi connectivity index (χ3v) is 5.57. The van der Waals surface area contributed by atoms with Gasteiger partial charge in [-0.1, -0.05) is 34.1 Å². The van der Waals surface area contributed by atoms with Gasteiger partial charge in [-0.05, 0) is 42.8 Å². The van der Waals surface area contributed by atoms with Crippen molar-refractivity contribution in [3.05, 3.63) is 64.1 Å². The first-order valence-corrected chi connectivity index (χ1v) is 9.98. The molecule has 2 rings (SSSR count). The Morgan fingerprint density at radius 2 is 1.78 bits per heavy atom. The first kappa shape index (κ1) is 21.4. The summed E-state index contributed by atoms with van der Waals surface area (Å²) in [5, 5.41) is 2.61. The predicted molar refractivity (Wildman–Crippen MR) is 97.3 cm³/mol. The van der Waals surface area contributed by atoms with Gasteiger partial charge in [-0.2, -0.15) is 13.2 Å². The molecule has 146 valence electrons. The molecule has 0 bridgehead atoms. The molecule has 0 radical (unpaired) electrons. The van der Waals surface area contributed by atoms with Gasteiger partial charge >= 0.3 is 6.18 Å². The van der Waals surface area contributed by atoms with E-state index in [0.29, 0.717) is 6.07 Å². The van der Waals surface area contributed by atoms with Gasteiger partial charge in [-0.15, -0.1) is 0 Å². The Hall–Kier alpha value is -1.91. The van der Waals surface area contributed by atoms with Gasteiger partial charge in [0.1, 0.15) is 0 Å². The van der Waals surface area contributed by atoms with Gasteiger partial charge in [0.2, 0.25) is 15.9 Å². The normalized spacial score (nSPS) is 13.2. The van der Waals surface area contributed by atoms with E-state index in [2.05, 4.69) is 21.2 Å². The van der Waals surface area contributed by atoms with Crippen molar-refractivity contribution < 1.29 is 26.4 Å². The molecule has 0 saturated carbocycles. The first-order chi connectivity index (χ1) is 12.5. The number of nitrogens with one attached hydrogen (secondary N) is 2. The Kier molecular flexibility index (Phi) is 6.66. The second-order valence-electron chi connectivity index (χ2n) is 5.69. The highest BCUT2D eigenvalue weighted by molar-refractivity contribution is 9.10. The van der Waals surface area contributed by atoms with Crippen LogP contribution in [0.4, 0.5) is 13.2 Å². The van der Waals surface area contributed by atoms with Gasteiger partial charge < -0.3 is 5.32 Å². The number of benzene rings is 2. The molecule has 0 aliphatic carbocycles. The minimum Gasteiger partial charge on any atom is -0.348 e. The monoisotopic (exact) mass is 464 g/mol. The van der Waals surface area contributed by atoms with Crippen molar-refractivity contribution >= 4 is 31.9 Å². The van der Waals surface area contributed by atoms with Crippen LogP contribution in [0.3, 0.4) is 0 Å². The minimum absolute atomic E-state index is 0.372. The topological polar surface area (TPSA) is 75.3 Å². The molecule has 0 saturated heterocycles. The summed E-state index contributed by atoms with van der Waals surface area (Å²) >= 11 is 3.30. The van der Waals surface area contributed by atoms with Crippen LogP contribution in [0, 0.1) is 0 Å². The molecule has 27 heavy (non-hydrogen) atoms. The van der Waals surface area contributed by atoms with Crippen molar-refractivity contribution in [2.24, 2.45) is 0 Å². The third kappa shape index (κ3) is 6.05. The molecule has 0 heterocycles. The fraction of sp³-hybridized carbons (Fsp3) is 0.235. The molecule has 5 nitrogen and oxygen atoms in total. The van der Waals surface area contributed by atoms with E-state index in [1.807, 2.05) is 4.72 Å². The third-order valence-electron chi connectivity index (χ3n) is 3.64. The standard InChI is InChI=1S/C17H16BrF3N2O3S/c1-11(12-5-7-14(18)8-6-12)23-16(24)10-22-27(25,26)15-4-2-3-13(9-15)17(19,20)21/h2-9,11,22H,10H2,1H3,(H,23,24). The van der Waals surface area contributed by atoms with E-state index in [0.717, 1.165) is 28.2 Å². The summed E-state index contributed by atoms with van der Waals surface area (Å²) in [6.07, 6.45) is -4.66. The van der Waals surface area contributed by atoms with Crippen LogP contribution in [0.25, 0.3) is 0 Å². The highest BCUT2D eigenvalue weighted by Gasteiger charge is 2.31. The lowest BCUT2D eigenvalue weighted by molar-refractivity contribution is -0.137. The summed E-state index contributed by atoms with van der Waals surface area (Å²) in [7, 11) is -4.26. The van der Waals surface area contributed by atoms with E-state index in [4.69, 9.17) is 0 Å². The molecule has 10 heteroatoms. The zero-order valence-electron chi connectivity index (χ0n) is 14.0. The quantitative estimate of drug-likeness (QED) is 0.685. The fourth-order valence-corrected chi connectivity index (χ4v) is 3.50. The van der Waals surface area contributed by atoms with E-state index < -0.39 is 39.1 Å². The Morgan fingerprint density at radius 3 is 2.37 bits per heavy atom. The van der Waals surface area contributed by atoms with Gasteiger partial charge in [0.05, 0.1) is 23.0 Å². The van der Waals surface area contributed by atoms with Crippen LogP contribution in [0.2, 0.25) is 0 Å². The number of alkyl halides is 3. The molecule has 0 aliphatic heterocycles. The molecular weight excluding hydrogens is 449 g/mol. The van der Waals surface area contributed by atoms with Gasteiger partial charge in [0.15, 0.2) is 0 Å². The summed E-state index contributed by atoms with van der Waals surface area (Å²) in [6, 6.07) is 10.1. The Balaban J connectivity index is 2.00. The summed E-state index contributed by atoms with van der Waals surface area (Å²) in [5.41, 5.74) is -0.272. The van der Waals surface area contributed by atoms with Crippen molar-refractivity contribution in [3.63, 3.8) is 0 Å². The number of hydrogen-bond acceptors (Lipinski definition) is 3. The molecule has 1 amide bonds. The molecule has 2 aromatic carbocycles. The maximum absolute atomic E-state index is 12.7. The van der Waals surface area contributed by atoms with Gasteiger partial charge in [0.25, 0.3) is 0 Å². The van der Waals surface area contributed by atoms with Crippen LogP contribution in [0.1, 0.15) is 24.1 Å². The predicted octanol–water partition coefficient (Wildman–Crippen LogP) is 3.62. The number of sulfonamides is 1. The van der Waals surface area contributed by atoms with Crippen molar-refractivity contribution in [2.45, 2.75) is 24.0 Å². The SMILES string of the molecule is CC(NC(=O)CNS(=O)(=O)c1cccc(C(F)(F)F)c1)c1ccc(Br)cc1. The minimum atomic E-state index is -4.66. The fourth-order valence-electron chi connectivity index (χ4n) is 2.21. The summed E-state index contributed by atoms with van der Waals surface area (Å²) in [6.45, 7) is 1.13. The van der Waals surface area contributed by atoms with E-state index in [1.165, 1.54) is 0 Å². The van der Waals surface area contributed by atoms with Crippen molar-refractivity contribution in [2.75, 3.05) is 6.54 Å². The average molecular weight is 465 g/mol. The zero-order valence-corrected chi connectivity index (χ0v) is 16.5. The molecule has 0 aromatic heterocycles. The molecular formula is C17H16BrF3N2O3S. The highest BCUT2D eigenvalue weighted by Crippen LogP contribution is 2.30. The Labute approximate surface area is 163 Å². The molecule has 2 N–H and O–H groups in total. The lowest BCUT2D eigenvalue weighted by Gasteiger charge is -2.15. The molecule has 0 fully saturated rings. The number of carbonyl (C=O) groups excluding carboxylic acids is 1. The molecule has 0 aliphatic rings. The lowest BCUT2D eigenvalue weighted by atomic mass is 10.1. The van der Waals surface area contributed by atoms with Crippen molar-refractivity contribution in [1.82, 2.24) is 10.0 Å². The lowest BCUT2D eigenvalue weighted by Crippen LogP contribution is -2.38. The van der Waals surface area contributed by atoms with Crippen LogP contribution in [-0.4, -0.2) is 20.9 Å². The number of carbonyl (C=O) groups is 1. The van der Waals surface area contributed by atoms with Crippen molar-refractivity contribution in [3.8, 4) is 0 Å². The zero-order chi connectivity index (χ0) is 20.2. The second-order valence-corrected chi connectivity index (χ2v) is 8.37. The van der Waals surface area contributed by atoms with Gasteiger partial charge in [-0.25, -0.2) is 13.1 Å². The van der Waals surface area contributed by atoms with E-state index in [-0.39, 0.29) is 6.04 Å². The highest BCUT2D eigenvalue weighted by atomic mass is 79.9. The number of hydrogen-bond donors (Lipinski definition) is 2. The molecule has 2 aromatic rings. The van der Waals surface area contributed by atoms with Crippen LogP contribution < -0.4 is 10.0 Å². The van der Waals surface area contributed by atoms with Crippen LogP contribution in [0.15, 0.2) is 57.9 Å². The van der Waals surface area contributed by atoms with Crippen LogP contribution in [0.5, 0.6) is 0 Å².